The van der Waals surface area contributed by atoms with E-state index in [-0.39, 0.29) is 0 Å². The van der Waals surface area contributed by atoms with Gasteiger partial charge in [0, 0.05) is 18.8 Å². The van der Waals surface area contributed by atoms with Crippen LogP contribution in [0.2, 0.25) is 11.1 Å². The Hall–Kier alpha value is 0.0969. The molecule has 0 spiro atoms. The maximum absolute atomic E-state index is 6.29. The molecule has 18 heavy (non-hydrogen) atoms. The van der Waals surface area contributed by atoms with E-state index < -0.39 is 8.56 Å². The van der Waals surface area contributed by atoms with Gasteiger partial charge in [-0.2, -0.15) is 0 Å². The fourth-order valence-electron chi connectivity index (χ4n) is 3.47. The van der Waals surface area contributed by atoms with E-state index in [1.54, 1.807) is 0 Å². The highest BCUT2D eigenvalue weighted by molar-refractivity contribution is 6.70. The maximum Gasteiger partial charge on any atom is 0.344 e. The van der Waals surface area contributed by atoms with Crippen molar-refractivity contribution in [2.24, 2.45) is 0 Å². The van der Waals surface area contributed by atoms with Gasteiger partial charge in [0.1, 0.15) is 0 Å². The molecule has 0 aromatic rings. The second-order valence-corrected chi connectivity index (χ2v) is 9.44. The molecule has 0 bridgehead atoms. The lowest BCUT2D eigenvalue weighted by molar-refractivity contribution is 0.155. The lowest BCUT2D eigenvalue weighted by Gasteiger charge is -2.41. The Balaban J connectivity index is 2.14. The van der Waals surface area contributed by atoms with Gasteiger partial charge in [0.15, 0.2) is 0 Å². The molecule has 0 radical (unpaired) electrons. The normalized spacial score (nSPS) is 33.0. The van der Waals surface area contributed by atoms with Gasteiger partial charge in [0.2, 0.25) is 0 Å². The summed E-state index contributed by atoms with van der Waals surface area (Å²) in [6.45, 7) is 10.3. The standard InChI is InChI=1S/C14H28O3Si/c1-5-11(4)18(15-6-2,16-7-3)12-8-9-13-14(10-12)17-13/h11-14H,5-10H2,1-4H3. The van der Waals surface area contributed by atoms with Crippen LogP contribution in [0.4, 0.5) is 0 Å². The lowest BCUT2D eigenvalue weighted by atomic mass is 10.0. The molecule has 106 valence electrons. The van der Waals surface area contributed by atoms with Crippen molar-refractivity contribution >= 4 is 8.56 Å². The zero-order valence-corrected chi connectivity index (χ0v) is 13.3. The number of hydrogen-bond donors (Lipinski definition) is 0. The Bertz CT molecular complexity index is 266. The van der Waals surface area contributed by atoms with Crippen LogP contribution in [-0.4, -0.2) is 34.0 Å². The average Bonchev–Trinajstić information content (AvgIpc) is 3.15. The Kier molecular flexibility index (Phi) is 4.86. The zero-order valence-electron chi connectivity index (χ0n) is 12.3. The first-order valence-electron chi connectivity index (χ1n) is 7.61. The van der Waals surface area contributed by atoms with Crippen molar-refractivity contribution in [1.82, 2.24) is 0 Å². The van der Waals surface area contributed by atoms with E-state index in [9.17, 15) is 0 Å². The highest BCUT2D eigenvalue weighted by Gasteiger charge is 2.56. The molecule has 4 unspecified atom stereocenters. The van der Waals surface area contributed by atoms with Gasteiger partial charge in [0.05, 0.1) is 12.2 Å². The highest BCUT2D eigenvalue weighted by atomic mass is 28.4. The van der Waals surface area contributed by atoms with Crippen LogP contribution in [0.25, 0.3) is 0 Å². The van der Waals surface area contributed by atoms with Crippen LogP contribution >= 0.6 is 0 Å². The number of epoxide rings is 1. The summed E-state index contributed by atoms with van der Waals surface area (Å²) in [5.41, 5.74) is 1.19. The fourth-order valence-corrected chi connectivity index (χ4v) is 8.00. The topological polar surface area (TPSA) is 31.0 Å². The molecule has 3 nitrogen and oxygen atoms in total. The van der Waals surface area contributed by atoms with Gasteiger partial charge in [-0.05, 0) is 38.7 Å². The largest absolute Gasteiger partial charge is 0.394 e. The molecule has 2 aliphatic rings. The van der Waals surface area contributed by atoms with E-state index in [1.165, 1.54) is 19.3 Å². The summed E-state index contributed by atoms with van der Waals surface area (Å²) in [6, 6.07) is 0. The third-order valence-electron chi connectivity index (χ3n) is 4.61. The molecule has 2 fully saturated rings. The van der Waals surface area contributed by atoms with E-state index >= 15 is 0 Å². The SMILES string of the molecule is CCO[Si](OCC)(C(C)CC)C1CCC2OC2C1. The Morgan fingerprint density at radius 3 is 2.28 bits per heavy atom. The molecule has 1 aliphatic carbocycles. The van der Waals surface area contributed by atoms with Gasteiger partial charge < -0.3 is 13.6 Å². The quantitative estimate of drug-likeness (QED) is 0.524. The molecule has 2 rings (SSSR count). The first kappa shape index (κ1) is 14.5. The molecule has 0 aromatic heterocycles. The molecular weight excluding hydrogens is 244 g/mol. The number of hydrogen-bond acceptors (Lipinski definition) is 3. The van der Waals surface area contributed by atoms with Gasteiger partial charge in [0.25, 0.3) is 0 Å². The first-order valence-corrected chi connectivity index (χ1v) is 9.58. The van der Waals surface area contributed by atoms with Crippen LogP contribution < -0.4 is 0 Å². The van der Waals surface area contributed by atoms with Crippen molar-refractivity contribution < 1.29 is 13.6 Å². The van der Waals surface area contributed by atoms with Crippen LogP contribution in [0.1, 0.15) is 53.4 Å². The minimum absolute atomic E-state index is 0.514. The summed E-state index contributed by atoms with van der Waals surface area (Å²) in [5.74, 6) is 0. The van der Waals surface area contributed by atoms with Gasteiger partial charge in [-0.3, -0.25) is 0 Å². The molecule has 1 saturated heterocycles. The second kappa shape index (κ2) is 6.03. The zero-order chi connectivity index (χ0) is 13.2. The van der Waals surface area contributed by atoms with Gasteiger partial charge in [-0.25, -0.2) is 0 Å². The summed E-state index contributed by atoms with van der Waals surface area (Å²) in [4.78, 5) is 0. The van der Waals surface area contributed by atoms with Gasteiger partial charge in [-0.1, -0.05) is 20.3 Å². The predicted molar refractivity (Wildman–Crippen MR) is 75.0 cm³/mol. The Morgan fingerprint density at radius 1 is 1.11 bits per heavy atom. The molecule has 4 atom stereocenters. The number of rotatable bonds is 7. The molecule has 0 N–H and O–H groups in total. The van der Waals surface area contributed by atoms with Crippen molar-refractivity contribution in [3.63, 3.8) is 0 Å². The van der Waals surface area contributed by atoms with Crippen molar-refractivity contribution in [2.45, 2.75) is 76.7 Å². The molecule has 1 heterocycles. The Labute approximate surface area is 112 Å². The van der Waals surface area contributed by atoms with E-state index in [1.807, 2.05) is 0 Å². The van der Waals surface area contributed by atoms with Crippen LogP contribution in [-0.2, 0) is 13.6 Å². The molecule has 1 aliphatic heterocycles. The van der Waals surface area contributed by atoms with Crippen LogP contribution in [0.3, 0.4) is 0 Å². The summed E-state index contributed by atoms with van der Waals surface area (Å²) in [6.07, 6.45) is 5.84. The van der Waals surface area contributed by atoms with E-state index in [4.69, 9.17) is 13.6 Å². The predicted octanol–water partition coefficient (Wildman–Crippen LogP) is 3.62. The van der Waals surface area contributed by atoms with E-state index in [2.05, 4.69) is 27.7 Å². The summed E-state index contributed by atoms with van der Waals surface area (Å²) < 4.78 is 18.3. The summed E-state index contributed by atoms with van der Waals surface area (Å²) in [5, 5.41) is 0. The first-order chi connectivity index (χ1) is 8.67. The molecule has 1 saturated carbocycles. The number of ether oxygens (including phenoxy) is 1. The van der Waals surface area contributed by atoms with Crippen molar-refractivity contribution in [3.8, 4) is 0 Å². The minimum atomic E-state index is -2.09. The molecule has 0 aromatic carbocycles. The molecule has 0 amide bonds. The lowest BCUT2D eigenvalue weighted by Crippen LogP contribution is -2.51. The smallest absolute Gasteiger partial charge is 0.344 e. The molecule has 4 heteroatoms. The maximum atomic E-state index is 6.29. The molecular formula is C14H28O3Si. The third kappa shape index (κ3) is 2.67. The van der Waals surface area contributed by atoms with Crippen molar-refractivity contribution in [1.29, 1.82) is 0 Å². The van der Waals surface area contributed by atoms with Gasteiger partial charge in [-0.15, -0.1) is 0 Å². The summed E-state index contributed by atoms with van der Waals surface area (Å²) >= 11 is 0. The van der Waals surface area contributed by atoms with E-state index in [0.29, 0.717) is 23.3 Å². The minimum Gasteiger partial charge on any atom is -0.394 e. The third-order valence-corrected chi connectivity index (χ3v) is 9.54. The number of fused-ring (bicyclic) bond motifs is 1. The van der Waals surface area contributed by atoms with Crippen LogP contribution in [0.5, 0.6) is 0 Å². The van der Waals surface area contributed by atoms with Crippen molar-refractivity contribution in [3.05, 3.63) is 0 Å². The fraction of sp³-hybridized carbons (Fsp3) is 1.00. The Morgan fingerprint density at radius 2 is 1.78 bits per heavy atom. The monoisotopic (exact) mass is 272 g/mol. The summed E-state index contributed by atoms with van der Waals surface area (Å²) in [7, 11) is -2.09. The van der Waals surface area contributed by atoms with Crippen LogP contribution in [0.15, 0.2) is 0 Å². The van der Waals surface area contributed by atoms with E-state index in [0.717, 1.165) is 19.6 Å². The van der Waals surface area contributed by atoms with Crippen molar-refractivity contribution in [2.75, 3.05) is 13.2 Å². The van der Waals surface area contributed by atoms with Gasteiger partial charge >= 0.3 is 8.56 Å². The second-order valence-electron chi connectivity index (χ2n) is 5.62. The average molecular weight is 272 g/mol. The highest BCUT2D eigenvalue weighted by Crippen LogP contribution is 2.50. The van der Waals surface area contributed by atoms with Crippen LogP contribution in [0, 0.1) is 0 Å².